The lowest BCUT2D eigenvalue weighted by atomic mass is 10.1. The van der Waals surface area contributed by atoms with E-state index >= 15 is 0 Å². The predicted octanol–water partition coefficient (Wildman–Crippen LogP) is 3.84. The van der Waals surface area contributed by atoms with Crippen molar-refractivity contribution < 1.29 is 4.79 Å². The average Bonchev–Trinajstić information content (AvgIpc) is 2.50. The van der Waals surface area contributed by atoms with Gasteiger partial charge in [-0.2, -0.15) is 5.26 Å². The minimum Gasteiger partial charge on any atom is -0.308 e. The fourth-order valence-electron chi connectivity index (χ4n) is 2.41. The molecule has 2 aromatic carbocycles. The van der Waals surface area contributed by atoms with Crippen LogP contribution in [-0.2, 0) is 0 Å². The van der Waals surface area contributed by atoms with Gasteiger partial charge >= 0.3 is 0 Å². The minimum atomic E-state index is -0.0819. The second-order valence-corrected chi connectivity index (χ2v) is 5.03. The Labute approximate surface area is 125 Å². The number of aryl methyl sites for hydroxylation is 2. The van der Waals surface area contributed by atoms with Crippen LogP contribution in [0.15, 0.2) is 42.5 Å². The van der Waals surface area contributed by atoms with Gasteiger partial charge in [-0.25, -0.2) is 0 Å². The van der Waals surface area contributed by atoms with E-state index in [-0.39, 0.29) is 5.91 Å². The quantitative estimate of drug-likeness (QED) is 0.856. The Bertz CT molecular complexity index is 713. The largest absolute Gasteiger partial charge is 0.308 e. The summed E-state index contributed by atoms with van der Waals surface area (Å²) >= 11 is 0. The molecule has 21 heavy (non-hydrogen) atoms. The molecule has 0 aliphatic rings. The van der Waals surface area contributed by atoms with E-state index in [4.69, 9.17) is 5.26 Å². The molecular formula is C18H18N2O. The van der Waals surface area contributed by atoms with E-state index in [0.29, 0.717) is 17.7 Å². The highest BCUT2D eigenvalue weighted by Gasteiger charge is 2.17. The summed E-state index contributed by atoms with van der Waals surface area (Å²) in [5.74, 6) is -0.0819. The summed E-state index contributed by atoms with van der Waals surface area (Å²) in [4.78, 5) is 14.4. The van der Waals surface area contributed by atoms with Crippen molar-refractivity contribution in [3.05, 3.63) is 64.7 Å². The molecule has 0 spiro atoms. The van der Waals surface area contributed by atoms with Gasteiger partial charge in [-0.05, 0) is 50.6 Å². The number of benzene rings is 2. The molecule has 0 aliphatic heterocycles. The number of rotatable bonds is 3. The van der Waals surface area contributed by atoms with Crippen LogP contribution >= 0.6 is 0 Å². The summed E-state index contributed by atoms with van der Waals surface area (Å²) in [5.41, 5.74) is 4.19. The summed E-state index contributed by atoms with van der Waals surface area (Å²) in [5, 5.41) is 8.96. The smallest absolute Gasteiger partial charge is 0.258 e. The van der Waals surface area contributed by atoms with E-state index in [1.165, 1.54) is 5.56 Å². The van der Waals surface area contributed by atoms with Crippen LogP contribution in [0.25, 0.3) is 0 Å². The molecule has 2 aromatic rings. The summed E-state index contributed by atoms with van der Waals surface area (Å²) in [6.07, 6.45) is 0. The van der Waals surface area contributed by atoms with Crippen molar-refractivity contribution in [1.82, 2.24) is 0 Å². The van der Waals surface area contributed by atoms with Crippen LogP contribution in [0.1, 0.15) is 34.0 Å². The van der Waals surface area contributed by atoms with E-state index in [2.05, 4.69) is 12.1 Å². The maximum Gasteiger partial charge on any atom is 0.258 e. The van der Waals surface area contributed by atoms with Gasteiger partial charge in [-0.3, -0.25) is 4.79 Å². The van der Waals surface area contributed by atoms with Crippen molar-refractivity contribution in [2.75, 3.05) is 11.4 Å². The van der Waals surface area contributed by atoms with Gasteiger partial charge in [0.25, 0.3) is 5.91 Å². The maximum atomic E-state index is 12.7. The molecule has 0 bridgehead atoms. The molecule has 0 saturated carbocycles. The molecule has 0 N–H and O–H groups in total. The van der Waals surface area contributed by atoms with Gasteiger partial charge in [-0.15, -0.1) is 0 Å². The van der Waals surface area contributed by atoms with E-state index < -0.39 is 0 Å². The Morgan fingerprint density at radius 3 is 2.57 bits per heavy atom. The van der Waals surface area contributed by atoms with Crippen molar-refractivity contribution in [3.63, 3.8) is 0 Å². The monoisotopic (exact) mass is 278 g/mol. The van der Waals surface area contributed by atoms with Crippen molar-refractivity contribution in [3.8, 4) is 6.07 Å². The molecule has 1 amide bonds. The zero-order valence-corrected chi connectivity index (χ0v) is 12.6. The number of nitrogens with zero attached hydrogens (tertiary/aromatic N) is 2. The van der Waals surface area contributed by atoms with Gasteiger partial charge in [0.15, 0.2) is 0 Å². The van der Waals surface area contributed by atoms with Crippen LogP contribution in [0, 0.1) is 25.2 Å². The minimum absolute atomic E-state index is 0.0819. The molecule has 106 valence electrons. The molecule has 0 atom stereocenters. The van der Waals surface area contributed by atoms with Crippen molar-refractivity contribution in [1.29, 1.82) is 5.26 Å². The fraction of sp³-hybridized carbons (Fsp3) is 0.222. The summed E-state index contributed by atoms with van der Waals surface area (Å²) in [6.45, 7) is 6.57. The number of carbonyl (C=O) groups is 1. The summed E-state index contributed by atoms with van der Waals surface area (Å²) in [7, 11) is 0. The summed E-state index contributed by atoms with van der Waals surface area (Å²) in [6, 6.07) is 14.9. The third-order valence-corrected chi connectivity index (χ3v) is 3.44. The molecule has 3 nitrogen and oxygen atoms in total. The first kappa shape index (κ1) is 14.8. The van der Waals surface area contributed by atoms with Crippen molar-refractivity contribution in [2.45, 2.75) is 20.8 Å². The summed E-state index contributed by atoms with van der Waals surface area (Å²) < 4.78 is 0. The fourth-order valence-corrected chi connectivity index (χ4v) is 2.41. The van der Waals surface area contributed by atoms with Crippen LogP contribution < -0.4 is 4.90 Å². The Kier molecular flexibility index (Phi) is 4.39. The Hall–Kier alpha value is -2.60. The van der Waals surface area contributed by atoms with Crippen LogP contribution in [-0.4, -0.2) is 12.5 Å². The van der Waals surface area contributed by atoms with Gasteiger partial charge in [0.1, 0.15) is 0 Å². The Balaban J connectivity index is 2.41. The first-order valence-corrected chi connectivity index (χ1v) is 6.96. The lowest BCUT2D eigenvalue weighted by Gasteiger charge is -2.23. The maximum absolute atomic E-state index is 12.7. The first-order valence-electron chi connectivity index (χ1n) is 6.96. The zero-order valence-electron chi connectivity index (χ0n) is 12.6. The third-order valence-electron chi connectivity index (χ3n) is 3.44. The standard InChI is InChI=1S/C18H18N2O/c1-4-20(17-9-8-13(2)10-14(17)3)18(21)16-7-5-6-15(11-16)12-19/h5-11H,4H2,1-3H3. The third kappa shape index (κ3) is 3.11. The van der Waals surface area contributed by atoms with Crippen molar-refractivity contribution >= 4 is 11.6 Å². The van der Waals surface area contributed by atoms with Gasteiger partial charge < -0.3 is 4.90 Å². The van der Waals surface area contributed by atoms with E-state index in [1.54, 1.807) is 29.2 Å². The van der Waals surface area contributed by atoms with E-state index in [0.717, 1.165) is 11.3 Å². The highest BCUT2D eigenvalue weighted by atomic mass is 16.2. The lowest BCUT2D eigenvalue weighted by molar-refractivity contribution is 0.0988. The molecule has 3 heteroatoms. The van der Waals surface area contributed by atoms with Gasteiger partial charge in [0.05, 0.1) is 11.6 Å². The molecule has 0 aromatic heterocycles. The van der Waals surface area contributed by atoms with Crippen LogP contribution in [0.3, 0.4) is 0 Å². The molecule has 0 saturated heterocycles. The molecule has 0 radical (unpaired) electrons. The number of carbonyl (C=O) groups excluding carboxylic acids is 1. The number of hydrogen-bond donors (Lipinski definition) is 0. The Morgan fingerprint density at radius 1 is 1.19 bits per heavy atom. The van der Waals surface area contributed by atoms with Crippen LogP contribution in [0.4, 0.5) is 5.69 Å². The SMILES string of the molecule is CCN(C(=O)c1cccc(C#N)c1)c1ccc(C)cc1C. The highest BCUT2D eigenvalue weighted by Crippen LogP contribution is 2.23. The predicted molar refractivity (Wildman–Crippen MR) is 84.4 cm³/mol. The number of amides is 1. The highest BCUT2D eigenvalue weighted by molar-refractivity contribution is 6.06. The molecule has 2 rings (SSSR count). The molecule has 0 aliphatic carbocycles. The van der Waals surface area contributed by atoms with Gasteiger partial charge in [-0.1, -0.05) is 23.8 Å². The normalized spacial score (nSPS) is 10.0. The topological polar surface area (TPSA) is 44.1 Å². The van der Waals surface area contributed by atoms with Crippen LogP contribution in [0.2, 0.25) is 0 Å². The molecule has 0 heterocycles. The van der Waals surface area contributed by atoms with Crippen LogP contribution in [0.5, 0.6) is 0 Å². The van der Waals surface area contributed by atoms with Gasteiger partial charge in [0, 0.05) is 17.8 Å². The Morgan fingerprint density at radius 2 is 1.95 bits per heavy atom. The lowest BCUT2D eigenvalue weighted by Crippen LogP contribution is -2.31. The second kappa shape index (κ2) is 6.23. The van der Waals surface area contributed by atoms with E-state index in [1.807, 2.05) is 32.9 Å². The number of anilines is 1. The molecule has 0 fully saturated rings. The van der Waals surface area contributed by atoms with Crippen molar-refractivity contribution in [2.24, 2.45) is 0 Å². The average molecular weight is 278 g/mol. The zero-order chi connectivity index (χ0) is 15.4. The molecular weight excluding hydrogens is 260 g/mol. The number of hydrogen-bond acceptors (Lipinski definition) is 2. The van der Waals surface area contributed by atoms with E-state index in [9.17, 15) is 4.79 Å². The first-order chi connectivity index (χ1) is 10.1. The second-order valence-electron chi connectivity index (χ2n) is 5.03. The molecule has 0 unspecified atom stereocenters. The van der Waals surface area contributed by atoms with Gasteiger partial charge in [0.2, 0.25) is 0 Å². The number of nitriles is 1.